The third-order valence-electron chi connectivity index (χ3n) is 1.43. The average molecular weight is 127 g/mol. The summed E-state index contributed by atoms with van der Waals surface area (Å²) in [4.78, 5) is 0. The summed E-state index contributed by atoms with van der Waals surface area (Å²) in [5.41, 5.74) is 6.13. The zero-order chi connectivity index (χ0) is 6.85. The minimum Gasteiger partial charge on any atom is -0.324 e. The summed E-state index contributed by atoms with van der Waals surface area (Å²) in [7, 11) is 0. The van der Waals surface area contributed by atoms with Gasteiger partial charge in [0.05, 0.1) is 0 Å². The Labute approximate surface area is 54.0 Å². The molecule has 0 spiro atoms. The molecule has 1 nitrogen and oxygen atoms in total. The van der Waals surface area contributed by atoms with Crippen LogP contribution in [0.1, 0.15) is 13.3 Å². The van der Waals surface area contributed by atoms with Crippen LogP contribution in [0.15, 0.2) is 23.6 Å². The van der Waals surface area contributed by atoms with Crippen LogP contribution in [0.25, 0.3) is 0 Å². The van der Waals surface area contributed by atoms with Crippen LogP contribution in [0, 0.1) is 0 Å². The Balaban J connectivity index is 2.75. The van der Waals surface area contributed by atoms with Crippen molar-refractivity contribution in [3.63, 3.8) is 0 Å². The highest BCUT2D eigenvalue weighted by molar-refractivity contribution is 5.28. The van der Waals surface area contributed by atoms with E-state index in [-0.39, 0.29) is 11.9 Å². The zero-order valence-electron chi connectivity index (χ0n) is 5.39. The molecule has 1 unspecified atom stereocenters. The van der Waals surface area contributed by atoms with Crippen molar-refractivity contribution in [2.75, 3.05) is 0 Å². The lowest BCUT2D eigenvalue weighted by Crippen LogP contribution is -2.18. The number of hydrogen-bond acceptors (Lipinski definition) is 1. The molecule has 0 heterocycles. The Hall–Kier alpha value is -0.630. The standard InChI is InChI=1S/C7H10FN/c1-5-2-3-6(9)4-7(5)8/h2,4,6H,3,9H2,1H3. The minimum atomic E-state index is -0.172. The molecule has 0 amide bonds. The van der Waals surface area contributed by atoms with E-state index < -0.39 is 0 Å². The van der Waals surface area contributed by atoms with Crippen LogP contribution in [0.5, 0.6) is 0 Å². The van der Waals surface area contributed by atoms with Gasteiger partial charge >= 0.3 is 0 Å². The van der Waals surface area contributed by atoms with Gasteiger partial charge in [0.2, 0.25) is 0 Å². The Morgan fingerprint density at radius 3 is 2.89 bits per heavy atom. The fourth-order valence-electron chi connectivity index (χ4n) is 0.798. The molecule has 1 atom stereocenters. The Bertz CT molecular complexity index is 170. The quantitative estimate of drug-likeness (QED) is 0.524. The molecule has 1 aliphatic carbocycles. The number of allylic oxidation sites excluding steroid dienone is 2. The van der Waals surface area contributed by atoms with Crippen molar-refractivity contribution < 1.29 is 4.39 Å². The molecule has 0 radical (unpaired) electrons. The van der Waals surface area contributed by atoms with Crippen LogP contribution in [0.3, 0.4) is 0 Å². The Kier molecular flexibility index (Phi) is 1.67. The first-order valence-corrected chi connectivity index (χ1v) is 3.00. The fraction of sp³-hybridized carbons (Fsp3) is 0.429. The van der Waals surface area contributed by atoms with Crippen LogP contribution in [0.2, 0.25) is 0 Å². The van der Waals surface area contributed by atoms with Crippen molar-refractivity contribution in [2.45, 2.75) is 19.4 Å². The highest BCUT2D eigenvalue weighted by Crippen LogP contribution is 2.17. The zero-order valence-corrected chi connectivity index (χ0v) is 5.39. The highest BCUT2D eigenvalue weighted by atomic mass is 19.1. The van der Waals surface area contributed by atoms with Crippen molar-refractivity contribution in [3.05, 3.63) is 23.6 Å². The van der Waals surface area contributed by atoms with Crippen molar-refractivity contribution in [1.29, 1.82) is 0 Å². The second-order valence-corrected chi connectivity index (χ2v) is 2.30. The molecule has 2 heteroatoms. The van der Waals surface area contributed by atoms with Gasteiger partial charge < -0.3 is 5.73 Å². The molecule has 0 saturated carbocycles. The van der Waals surface area contributed by atoms with Gasteiger partial charge in [0.25, 0.3) is 0 Å². The minimum absolute atomic E-state index is 0.117. The van der Waals surface area contributed by atoms with Gasteiger partial charge in [-0.3, -0.25) is 0 Å². The van der Waals surface area contributed by atoms with Crippen molar-refractivity contribution in [2.24, 2.45) is 5.73 Å². The molecule has 2 N–H and O–H groups in total. The van der Waals surface area contributed by atoms with Gasteiger partial charge in [-0.05, 0) is 25.0 Å². The van der Waals surface area contributed by atoms with E-state index in [9.17, 15) is 4.39 Å². The summed E-state index contributed by atoms with van der Waals surface area (Å²) in [5.74, 6) is -0.172. The highest BCUT2D eigenvalue weighted by Gasteiger charge is 2.07. The molecule has 1 aliphatic rings. The van der Waals surface area contributed by atoms with Crippen molar-refractivity contribution in [1.82, 2.24) is 0 Å². The van der Waals surface area contributed by atoms with E-state index in [4.69, 9.17) is 5.73 Å². The number of rotatable bonds is 0. The van der Waals surface area contributed by atoms with Crippen molar-refractivity contribution in [3.8, 4) is 0 Å². The predicted molar refractivity (Wildman–Crippen MR) is 35.5 cm³/mol. The van der Waals surface area contributed by atoms with Gasteiger partial charge in [-0.15, -0.1) is 0 Å². The lowest BCUT2D eigenvalue weighted by molar-refractivity contribution is 0.621. The maximum absolute atomic E-state index is 12.5. The summed E-state index contributed by atoms with van der Waals surface area (Å²) >= 11 is 0. The summed E-state index contributed by atoms with van der Waals surface area (Å²) in [5, 5.41) is 0. The third kappa shape index (κ3) is 1.39. The molecular formula is C7H10FN. The van der Waals surface area contributed by atoms with Gasteiger partial charge in [0.15, 0.2) is 0 Å². The molecule has 0 fully saturated rings. The van der Waals surface area contributed by atoms with Crippen LogP contribution in [0.4, 0.5) is 4.39 Å². The van der Waals surface area contributed by atoms with Gasteiger partial charge in [0, 0.05) is 6.04 Å². The Morgan fingerprint density at radius 1 is 1.78 bits per heavy atom. The summed E-state index contributed by atoms with van der Waals surface area (Å²) < 4.78 is 12.5. The monoisotopic (exact) mass is 127 g/mol. The lowest BCUT2D eigenvalue weighted by Gasteiger charge is -2.09. The van der Waals surface area contributed by atoms with E-state index in [1.165, 1.54) is 6.08 Å². The SMILES string of the molecule is CC1=CCC(N)C=C1F. The van der Waals surface area contributed by atoms with Gasteiger partial charge in [-0.1, -0.05) is 6.08 Å². The fourth-order valence-corrected chi connectivity index (χ4v) is 0.798. The van der Waals surface area contributed by atoms with E-state index >= 15 is 0 Å². The smallest absolute Gasteiger partial charge is 0.123 e. The largest absolute Gasteiger partial charge is 0.324 e. The average Bonchev–Trinajstić information content (AvgIpc) is 1.80. The summed E-state index contributed by atoms with van der Waals surface area (Å²) in [6.07, 6.45) is 4.04. The first-order valence-electron chi connectivity index (χ1n) is 3.00. The molecule has 0 saturated heterocycles. The molecular weight excluding hydrogens is 117 g/mol. The molecule has 0 aromatic heterocycles. The molecule has 50 valence electrons. The summed E-state index contributed by atoms with van der Waals surface area (Å²) in [6, 6.07) is -0.117. The Morgan fingerprint density at radius 2 is 2.44 bits per heavy atom. The normalized spacial score (nSPS) is 27.2. The van der Waals surface area contributed by atoms with Crippen LogP contribution in [-0.2, 0) is 0 Å². The van der Waals surface area contributed by atoms with Gasteiger partial charge in [0.1, 0.15) is 5.83 Å². The third-order valence-corrected chi connectivity index (χ3v) is 1.43. The number of halogens is 1. The van der Waals surface area contributed by atoms with Crippen molar-refractivity contribution >= 4 is 0 Å². The van der Waals surface area contributed by atoms with E-state index in [1.807, 2.05) is 6.08 Å². The van der Waals surface area contributed by atoms with Gasteiger partial charge in [-0.2, -0.15) is 0 Å². The lowest BCUT2D eigenvalue weighted by atomic mass is 10.0. The maximum atomic E-state index is 12.5. The predicted octanol–water partition coefficient (Wildman–Crippen LogP) is 1.52. The topological polar surface area (TPSA) is 26.0 Å². The van der Waals surface area contributed by atoms with Crippen LogP contribution < -0.4 is 5.73 Å². The molecule has 0 aromatic carbocycles. The van der Waals surface area contributed by atoms with E-state index in [0.29, 0.717) is 5.57 Å². The second kappa shape index (κ2) is 2.31. The molecule has 0 aliphatic heterocycles. The number of hydrogen-bond donors (Lipinski definition) is 1. The van der Waals surface area contributed by atoms with Crippen LogP contribution in [-0.4, -0.2) is 6.04 Å². The van der Waals surface area contributed by atoms with Gasteiger partial charge in [-0.25, -0.2) is 4.39 Å². The second-order valence-electron chi connectivity index (χ2n) is 2.30. The summed E-state index contributed by atoms with van der Waals surface area (Å²) in [6.45, 7) is 1.75. The van der Waals surface area contributed by atoms with E-state index in [2.05, 4.69) is 0 Å². The number of nitrogens with two attached hydrogens (primary N) is 1. The maximum Gasteiger partial charge on any atom is 0.123 e. The van der Waals surface area contributed by atoms with E-state index in [1.54, 1.807) is 6.92 Å². The molecule has 9 heavy (non-hydrogen) atoms. The molecule has 1 rings (SSSR count). The molecule has 0 aromatic rings. The first kappa shape index (κ1) is 6.49. The molecule has 0 bridgehead atoms. The van der Waals surface area contributed by atoms with E-state index in [0.717, 1.165) is 6.42 Å². The first-order chi connectivity index (χ1) is 4.20. The van der Waals surface area contributed by atoms with Crippen LogP contribution >= 0.6 is 0 Å².